The van der Waals surface area contributed by atoms with Crippen molar-refractivity contribution in [1.82, 2.24) is 0 Å². The van der Waals surface area contributed by atoms with E-state index in [1.807, 2.05) is 19.1 Å². The average molecular weight is 296 g/mol. The van der Waals surface area contributed by atoms with Gasteiger partial charge in [0.05, 0.1) is 11.1 Å². The van der Waals surface area contributed by atoms with Crippen LogP contribution in [0.3, 0.4) is 0 Å². The van der Waals surface area contributed by atoms with Crippen molar-refractivity contribution >= 4 is 18.0 Å². The van der Waals surface area contributed by atoms with Gasteiger partial charge in [0.1, 0.15) is 0 Å². The summed E-state index contributed by atoms with van der Waals surface area (Å²) in [5, 5.41) is 17.7. The molecule has 4 nitrogen and oxygen atoms in total. The molecule has 0 aliphatic heterocycles. The first kappa shape index (κ1) is 15.5. The summed E-state index contributed by atoms with van der Waals surface area (Å²) in [6.45, 7) is 2.01. The fourth-order valence-corrected chi connectivity index (χ4v) is 2.03. The molecule has 1 unspecified atom stereocenters. The van der Waals surface area contributed by atoms with Crippen LogP contribution in [0.4, 0.5) is 0 Å². The Morgan fingerprint density at radius 1 is 0.864 bits per heavy atom. The Balaban J connectivity index is 2.08. The zero-order valence-corrected chi connectivity index (χ0v) is 12.1. The number of hydrogen-bond donors (Lipinski definition) is 2. The van der Waals surface area contributed by atoms with E-state index in [9.17, 15) is 9.59 Å². The summed E-state index contributed by atoms with van der Waals surface area (Å²) in [7, 11) is 0. The largest absolute Gasteiger partial charge is 0.478 e. The van der Waals surface area contributed by atoms with E-state index in [0.717, 1.165) is 11.1 Å². The fourth-order valence-electron chi connectivity index (χ4n) is 2.03. The summed E-state index contributed by atoms with van der Waals surface area (Å²) >= 11 is 0. The lowest BCUT2D eigenvalue weighted by Gasteiger charge is -2.07. The fraction of sp³-hybridized carbons (Fsp3) is 0.111. The Hall–Kier alpha value is -2.88. The van der Waals surface area contributed by atoms with E-state index in [2.05, 4.69) is 0 Å². The van der Waals surface area contributed by atoms with E-state index in [0.29, 0.717) is 0 Å². The van der Waals surface area contributed by atoms with E-state index in [1.54, 1.807) is 48.5 Å². The Morgan fingerprint density at radius 2 is 1.32 bits per heavy atom. The number of aromatic carboxylic acids is 2. The molecule has 0 saturated carbocycles. The Morgan fingerprint density at radius 3 is 1.77 bits per heavy atom. The third-order valence-electron chi connectivity index (χ3n) is 3.42. The van der Waals surface area contributed by atoms with Crippen LogP contribution in [-0.4, -0.2) is 22.2 Å². The summed E-state index contributed by atoms with van der Waals surface area (Å²) in [4.78, 5) is 21.6. The molecule has 0 amide bonds. The highest BCUT2D eigenvalue weighted by Crippen LogP contribution is 2.19. The minimum atomic E-state index is -0.942. The van der Waals surface area contributed by atoms with Gasteiger partial charge < -0.3 is 10.2 Å². The maximum absolute atomic E-state index is 10.8. The molecule has 112 valence electrons. The minimum absolute atomic E-state index is 0.127. The van der Waals surface area contributed by atoms with Crippen molar-refractivity contribution in [2.24, 2.45) is 0 Å². The highest BCUT2D eigenvalue weighted by Gasteiger charge is 2.05. The van der Waals surface area contributed by atoms with Crippen LogP contribution in [0.5, 0.6) is 0 Å². The van der Waals surface area contributed by atoms with Gasteiger partial charge in [-0.3, -0.25) is 0 Å². The van der Waals surface area contributed by atoms with Crippen LogP contribution in [0.1, 0.15) is 44.7 Å². The van der Waals surface area contributed by atoms with Crippen molar-refractivity contribution in [2.45, 2.75) is 12.8 Å². The molecule has 0 spiro atoms. The lowest BCUT2D eigenvalue weighted by atomic mass is 9.98. The number of rotatable bonds is 5. The lowest BCUT2D eigenvalue weighted by molar-refractivity contribution is 0.0686. The summed E-state index contributed by atoms with van der Waals surface area (Å²) in [6.07, 6.45) is 3.91. The molecule has 0 heterocycles. The predicted octanol–water partition coefficient (Wildman–Crippen LogP) is 3.90. The Labute approximate surface area is 128 Å². The van der Waals surface area contributed by atoms with Crippen LogP contribution in [0.2, 0.25) is 0 Å². The first-order valence-electron chi connectivity index (χ1n) is 6.82. The van der Waals surface area contributed by atoms with Gasteiger partial charge in [-0.15, -0.1) is 0 Å². The molecule has 2 rings (SSSR count). The minimum Gasteiger partial charge on any atom is -0.478 e. The van der Waals surface area contributed by atoms with E-state index < -0.39 is 11.9 Å². The van der Waals surface area contributed by atoms with Crippen molar-refractivity contribution < 1.29 is 19.8 Å². The van der Waals surface area contributed by atoms with E-state index in [1.165, 1.54) is 0 Å². The van der Waals surface area contributed by atoms with Gasteiger partial charge in [0.15, 0.2) is 0 Å². The van der Waals surface area contributed by atoms with Gasteiger partial charge in [-0.2, -0.15) is 0 Å². The molecule has 4 heteroatoms. The molecule has 1 atom stereocenters. The molecule has 0 fully saturated rings. The second kappa shape index (κ2) is 6.72. The monoisotopic (exact) mass is 296 g/mol. The van der Waals surface area contributed by atoms with Crippen LogP contribution in [-0.2, 0) is 0 Å². The number of carbonyl (C=O) groups is 2. The van der Waals surface area contributed by atoms with Crippen molar-refractivity contribution in [1.29, 1.82) is 0 Å². The highest BCUT2D eigenvalue weighted by molar-refractivity contribution is 5.88. The number of hydrogen-bond acceptors (Lipinski definition) is 2. The third-order valence-corrected chi connectivity index (χ3v) is 3.42. The number of carboxylic acid groups (broad SMARTS) is 2. The quantitative estimate of drug-likeness (QED) is 0.877. The SMILES string of the molecule is CC(/C=C/c1ccc(C(=O)O)cc1)c1ccc(C(=O)O)cc1. The summed E-state index contributed by atoms with van der Waals surface area (Å²) in [5.41, 5.74) is 2.46. The number of allylic oxidation sites excluding steroid dienone is 1. The van der Waals surface area contributed by atoms with E-state index in [-0.39, 0.29) is 17.0 Å². The van der Waals surface area contributed by atoms with Crippen molar-refractivity contribution in [3.05, 3.63) is 76.9 Å². The summed E-state index contributed by atoms with van der Waals surface area (Å²) in [6, 6.07) is 13.4. The molecule has 2 aromatic rings. The van der Waals surface area contributed by atoms with Crippen LogP contribution >= 0.6 is 0 Å². The van der Waals surface area contributed by atoms with Crippen LogP contribution in [0.15, 0.2) is 54.6 Å². The van der Waals surface area contributed by atoms with Gasteiger partial charge in [-0.1, -0.05) is 43.3 Å². The second-order valence-electron chi connectivity index (χ2n) is 5.00. The van der Waals surface area contributed by atoms with Gasteiger partial charge in [0, 0.05) is 0 Å². The molecule has 0 aromatic heterocycles. The smallest absolute Gasteiger partial charge is 0.335 e. The molecule has 2 aromatic carbocycles. The van der Waals surface area contributed by atoms with Crippen molar-refractivity contribution in [3.8, 4) is 0 Å². The maximum atomic E-state index is 10.8. The van der Waals surface area contributed by atoms with Gasteiger partial charge in [-0.25, -0.2) is 9.59 Å². The first-order chi connectivity index (χ1) is 10.5. The second-order valence-corrected chi connectivity index (χ2v) is 5.00. The molecule has 0 aliphatic carbocycles. The zero-order chi connectivity index (χ0) is 16.1. The molecule has 0 saturated heterocycles. The first-order valence-corrected chi connectivity index (χ1v) is 6.82. The van der Waals surface area contributed by atoms with E-state index >= 15 is 0 Å². The topological polar surface area (TPSA) is 74.6 Å². The van der Waals surface area contributed by atoms with Crippen LogP contribution in [0.25, 0.3) is 6.08 Å². The standard InChI is InChI=1S/C18H16O4/c1-12(14-8-10-16(11-9-14)18(21)22)2-3-13-4-6-15(7-5-13)17(19)20/h2-12H,1H3,(H,19,20)(H,21,22)/b3-2+. The zero-order valence-electron chi connectivity index (χ0n) is 12.1. The van der Waals surface area contributed by atoms with Gasteiger partial charge in [0.2, 0.25) is 0 Å². The van der Waals surface area contributed by atoms with Crippen molar-refractivity contribution in [2.75, 3.05) is 0 Å². The number of carboxylic acids is 2. The molecule has 0 bridgehead atoms. The maximum Gasteiger partial charge on any atom is 0.335 e. The van der Waals surface area contributed by atoms with Crippen LogP contribution < -0.4 is 0 Å². The number of benzene rings is 2. The average Bonchev–Trinajstić information content (AvgIpc) is 2.53. The molecular weight excluding hydrogens is 280 g/mol. The van der Waals surface area contributed by atoms with Gasteiger partial charge in [0.25, 0.3) is 0 Å². The van der Waals surface area contributed by atoms with Crippen LogP contribution in [0, 0.1) is 0 Å². The molecule has 0 aliphatic rings. The van der Waals surface area contributed by atoms with E-state index in [4.69, 9.17) is 10.2 Å². The predicted molar refractivity (Wildman–Crippen MR) is 84.3 cm³/mol. The normalized spacial score (nSPS) is 12.2. The molecule has 2 N–H and O–H groups in total. The molecular formula is C18H16O4. The summed E-state index contributed by atoms with van der Waals surface area (Å²) < 4.78 is 0. The van der Waals surface area contributed by atoms with Gasteiger partial charge in [-0.05, 0) is 41.3 Å². The Kier molecular flexibility index (Phi) is 4.73. The molecule has 22 heavy (non-hydrogen) atoms. The summed E-state index contributed by atoms with van der Waals surface area (Å²) in [5.74, 6) is -1.75. The third kappa shape index (κ3) is 3.82. The lowest BCUT2D eigenvalue weighted by Crippen LogP contribution is -1.97. The van der Waals surface area contributed by atoms with Crippen molar-refractivity contribution in [3.63, 3.8) is 0 Å². The Bertz CT molecular complexity index is 697. The van der Waals surface area contributed by atoms with Gasteiger partial charge >= 0.3 is 11.9 Å². The molecule has 0 radical (unpaired) electrons. The highest BCUT2D eigenvalue weighted by atomic mass is 16.4.